The van der Waals surface area contributed by atoms with Gasteiger partial charge in [0.2, 0.25) is 0 Å². The van der Waals surface area contributed by atoms with Crippen LogP contribution in [0.5, 0.6) is 0 Å². The lowest BCUT2D eigenvalue weighted by molar-refractivity contribution is 0.341. The summed E-state index contributed by atoms with van der Waals surface area (Å²) in [4.78, 5) is 2.81. The molecule has 2 aliphatic rings. The molecule has 3 nitrogen and oxygen atoms in total. The maximum Gasteiger partial charge on any atom is 0.0289 e. The molecule has 0 aromatic carbocycles. The van der Waals surface area contributed by atoms with E-state index < -0.39 is 0 Å². The van der Waals surface area contributed by atoms with Gasteiger partial charge in [-0.2, -0.15) is 0 Å². The molecule has 0 saturated heterocycles. The highest BCUT2D eigenvalue weighted by Crippen LogP contribution is 2.48. The molecule has 2 aliphatic carbocycles. The molecule has 2 saturated carbocycles. The minimum Gasteiger partial charge on any atom is -0.0937 e. The molecule has 0 aromatic heterocycles. The van der Waals surface area contributed by atoms with E-state index in [2.05, 4.69) is 10.0 Å². The Balaban J connectivity index is 1.92. The van der Waals surface area contributed by atoms with E-state index in [1.165, 1.54) is 25.7 Å². The van der Waals surface area contributed by atoms with Gasteiger partial charge >= 0.3 is 0 Å². The van der Waals surface area contributed by atoms with Gasteiger partial charge < -0.3 is 0 Å². The van der Waals surface area contributed by atoms with Gasteiger partial charge in [-0.05, 0) is 42.5 Å². The van der Waals surface area contributed by atoms with Gasteiger partial charge in [0, 0.05) is 11.5 Å². The Kier molecular flexibility index (Phi) is 1.74. The minimum atomic E-state index is 0.727. The maximum absolute atomic E-state index is 8.16. The first-order valence-corrected chi connectivity index (χ1v) is 4.41. The van der Waals surface area contributed by atoms with Gasteiger partial charge in [0.1, 0.15) is 0 Å². The largest absolute Gasteiger partial charge is 0.0937 e. The lowest BCUT2D eigenvalue weighted by Crippen LogP contribution is -2.12. The van der Waals surface area contributed by atoms with Gasteiger partial charge in [-0.3, -0.25) is 0 Å². The van der Waals surface area contributed by atoms with E-state index in [0.717, 1.165) is 24.3 Å². The van der Waals surface area contributed by atoms with Gasteiger partial charge in [-0.1, -0.05) is 11.5 Å². The molecule has 0 heterocycles. The van der Waals surface area contributed by atoms with Crippen molar-refractivity contribution >= 4 is 0 Å². The molecular formula is C8H13N3. The van der Waals surface area contributed by atoms with Gasteiger partial charge in [0.05, 0.1) is 0 Å². The second kappa shape index (κ2) is 2.74. The number of hydrogen-bond acceptors (Lipinski definition) is 1. The van der Waals surface area contributed by atoms with Crippen LogP contribution in [0.3, 0.4) is 0 Å². The van der Waals surface area contributed by atoms with Crippen LogP contribution in [0.1, 0.15) is 25.7 Å². The molecule has 3 unspecified atom stereocenters. The monoisotopic (exact) mass is 151 g/mol. The number of fused-ring (bicyclic) bond motifs is 2. The highest BCUT2D eigenvalue weighted by Gasteiger charge is 2.38. The zero-order chi connectivity index (χ0) is 7.68. The second-order valence-corrected chi connectivity index (χ2v) is 3.85. The Bertz CT molecular complexity index is 196. The predicted octanol–water partition coefficient (Wildman–Crippen LogP) is 2.73. The van der Waals surface area contributed by atoms with E-state index >= 15 is 0 Å². The highest BCUT2D eigenvalue weighted by molar-refractivity contribution is 4.90. The van der Waals surface area contributed by atoms with Gasteiger partial charge in [0.15, 0.2) is 0 Å². The third kappa shape index (κ3) is 1.21. The van der Waals surface area contributed by atoms with Crippen molar-refractivity contribution in [3.05, 3.63) is 10.4 Å². The van der Waals surface area contributed by atoms with Gasteiger partial charge in [-0.15, -0.1) is 0 Å². The average molecular weight is 151 g/mol. The molecule has 2 fully saturated rings. The van der Waals surface area contributed by atoms with E-state index in [9.17, 15) is 0 Å². The molecule has 3 heteroatoms. The number of nitrogens with zero attached hydrogens (tertiary/aromatic N) is 3. The van der Waals surface area contributed by atoms with Crippen molar-refractivity contribution in [2.45, 2.75) is 25.7 Å². The van der Waals surface area contributed by atoms with Crippen molar-refractivity contribution < 1.29 is 0 Å². The first-order valence-electron chi connectivity index (χ1n) is 4.41. The van der Waals surface area contributed by atoms with Crippen LogP contribution in [0.15, 0.2) is 5.11 Å². The molecule has 2 bridgehead atoms. The quantitative estimate of drug-likeness (QED) is 0.331. The first kappa shape index (κ1) is 6.99. The van der Waals surface area contributed by atoms with Crippen molar-refractivity contribution in [2.75, 3.05) is 6.54 Å². The lowest BCUT2D eigenvalue weighted by Gasteiger charge is -2.18. The van der Waals surface area contributed by atoms with E-state index in [1.807, 2.05) is 0 Å². The summed E-state index contributed by atoms with van der Waals surface area (Å²) in [6.45, 7) is 0.748. The Morgan fingerprint density at radius 2 is 2.27 bits per heavy atom. The van der Waals surface area contributed by atoms with E-state index in [4.69, 9.17) is 5.53 Å². The van der Waals surface area contributed by atoms with Crippen LogP contribution in [-0.4, -0.2) is 6.54 Å². The maximum atomic E-state index is 8.16. The lowest BCUT2D eigenvalue weighted by atomic mass is 9.89. The minimum absolute atomic E-state index is 0.727. The van der Waals surface area contributed by atoms with Crippen LogP contribution in [0, 0.1) is 17.8 Å². The topological polar surface area (TPSA) is 48.8 Å². The molecule has 0 amide bonds. The van der Waals surface area contributed by atoms with Crippen molar-refractivity contribution in [3.63, 3.8) is 0 Å². The summed E-state index contributed by atoms with van der Waals surface area (Å²) in [5, 5.41) is 3.65. The average Bonchev–Trinajstić information content (AvgIpc) is 2.60. The van der Waals surface area contributed by atoms with Crippen LogP contribution in [0.4, 0.5) is 0 Å². The van der Waals surface area contributed by atoms with Crippen LogP contribution >= 0.6 is 0 Å². The summed E-state index contributed by atoms with van der Waals surface area (Å²) >= 11 is 0. The zero-order valence-electron chi connectivity index (χ0n) is 6.61. The summed E-state index contributed by atoms with van der Waals surface area (Å²) in [6, 6.07) is 0. The normalized spacial score (nSPS) is 40.5. The molecule has 0 N–H and O–H groups in total. The summed E-state index contributed by atoms with van der Waals surface area (Å²) in [6.07, 6.45) is 5.54. The van der Waals surface area contributed by atoms with E-state index in [0.29, 0.717) is 0 Å². The highest BCUT2D eigenvalue weighted by atomic mass is 15.1. The summed E-state index contributed by atoms with van der Waals surface area (Å²) in [7, 11) is 0. The Morgan fingerprint density at radius 3 is 2.82 bits per heavy atom. The zero-order valence-corrected chi connectivity index (χ0v) is 6.61. The molecule has 0 radical (unpaired) electrons. The second-order valence-electron chi connectivity index (χ2n) is 3.85. The molecule has 3 atom stereocenters. The SMILES string of the molecule is [N-]=[N+]=NCC1CC2CCC1C2. The molecule has 0 aromatic rings. The molecule has 0 spiro atoms. The molecule has 0 aliphatic heterocycles. The van der Waals surface area contributed by atoms with Crippen molar-refractivity contribution in [1.82, 2.24) is 0 Å². The van der Waals surface area contributed by atoms with Crippen LogP contribution in [0.2, 0.25) is 0 Å². The van der Waals surface area contributed by atoms with Crippen LogP contribution < -0.4 is 0 Å². The molecule has 60 valence electrons. The Morgan fingerprint density at radius 1 is 1.36 bits per heavy atom. The number of hydrogen-bond donors (Lipinski definition) is 0. The first-order chi connectivity index (χ1) is 5.40. The fourth-order valence-electron chi connectivity index (χ4n) is 2.74. The van der Waals surface area contributed by atoms with Crippen LogP contribution in [-0.2, 0) is 0 Å². The van der Waals surface area contributed by atoms with Crippen LogP contribution in [0.25, 0.3) is 10.4 Å². The summed E-state index contributed by atoms with van der Waals surface area (Å²) < 4.78 is 0. The number of rotatable bonds is 2. The third-order valence-corrected chi connectivity index (χ3v) is 3.26. The fourth-order valence-corrected chi connectivity index (χ4v) is 2.74. The number of azide groups is 1. The third-order valence-electron chi connectivity index (χ3n) is 3.26. The van der Waals surface area contributed by atoms with Crippen molar-refractivity contribution in [1.29, 1.82) is 0 Å². The van der Waals surface area contributed by atoms with E-state index in [1.54, 1.807) is 0 Å². The summed E-state index contributed by atoms with van der Waals surface area (Å²) in [5.41, 5.74) is 8.16. The fraction of sp³-hybridized carbons (Fsp3) is 1.00. The predicted molar refractivity (Wildman–Crippen MR) is 43.0 cm³/mol. The molecule has 2 rings (SSSR count). The molecule has 11 heavy (non-hydrogen) atoms. The standard InChI is InChI=1S/C8H13N3/c9-11-10-5-8-4-6-1-2-7(8)3-6/h6-8H,1-5H2. The Labute approximate surface area is 66.4 Å². The van der Waals surface area contributed by atoms with E-state index in [-0.39, 0.29) is 0 Å². The molecular weight excluding hydrogens is 138 g/mol. The van der Waals surface area contributed by atoms with Crippen molar-refractivity contribution in [2.24, 2.45) is 22.9 Å². The summed E-state index contributed by atoms with van der Waals surface area (Å²) in [5.74, 6) is 2.59. The Hall–Kier alpha value is -0.690. The van der Waals surface area contributed by atoms with Gasteiger partial charge in [-0.25, -0.2) is 0 Å². The van der Waals surface area contributed by atoms with Crippen molar-refractivity contribution in [3.8, 4) is 0 Å². The smallest absolute Gasteiger partial charge is 0.0289 e. The van der Waals surface area contributed by atoms with Gasteiger partial charge in [0.25, 0.3) is 0 Å².